The van der Waals surface area contributed by atoms with Crippen LogP contribution in [0.2, 0.25) is 0 Å². The summed E-state index contributed by atoms with van der Waals surface area (Å²) in [6.45, 7) is 9.52. The molecule has 2 fully saturated rings. The summed E-state index contributed by atoms with van der Waals surface area (Å²) in [5.74, 6) is 0.892. The van der Waals surface area contributed by atoms with Crippen molar-refractivity contribution in [3.63, 3.8) is 0 Å². The number of aromatic amines is 1. The van der Waals surface area contributed by atoms with Gasteiger partial charge in [0.15, 0.2) is 0 Å². The van der Waals surface area contributed by atoms with Gasteiger partial charge in [-0.25, -0.2) is 0 Å². The second kappa shape index (κ2) is 6.76. The van der Waals surface area contributed by atoms with E-state index in [4.69, 9.17) is 9.47 Å². The number of H-pyrrole nitrogens is 1. The Morgan fingerprint density at radius 2 is 2.08 bits per heavy atom. The third-order valence-electron chi connectivity index (χ3n) is 5.40. The molecule has 2 saturated heterocycles. The molecule has 1 aromatic rings. The quantitative estimate of drug-likeness (QED) is 0.912. The normalized spacial score (nSPS) is 25.3. The molecule has 3 rings (SSSR count). The van der Waals surface area contributed by atoms with Crippen LogP contribution in [0.1, 0.15) is 33.6 Å². The molecule has 2 aliphatic heterocycles. The monoisotopic (exact) mass is 335 g/mol. The van der Waals surface area contributed by atoms with Gasteiger partial charge in [-0.2, -0.15) is 0 Å². The average molecular weight is 335 g/mol. The highest BCUT2D eigenvalue weighted by Crippen LogP contribution is 2.33. The van der Waals surface area contributed by atoms with Gasteiger partial charge in [-0.3, -0.25) is 4.79 Å². The van der Waals surface area contributed by atoms with Gasteiger partial charge in [-0.1, -0.05) is 0 Å². The van der Waals surface area contributed by atoms with Crippen LogP contribution in [0.5, 0.6) is 0 Å². The Labute approximate surface area is 143 Å². The molecular weight excluding hydrogens is 306 g/mol. The van der Waals surface area contributed by atoms with Crippen molar-refractivity contribution in [3.05, 3.63) is 22.5 Å². The molecule has 3 heterocycles. The third-order valence-corrected chi connectivity index (χ3v) is 5.40. The molecule has 6 heteroatoms. The molecule has 0 bridgehead atoms. The van der Waals surface area contributed by atoms with Gasteiger partial charge >= 0.3 is 0 Å². The first-order chi connectivity index (χ1) is 11.4. The lowest BCUT2D eigenvalue weighted by molar-refractivity contribution is 0.00178. The standard InChI is InChI=1S/C18H29N3O3/c1-13-12-24-9-8-20(13)14-10-16(19-17(22)11-14)21-7-5-6-15(21)18(2,3)23-4/h10-11,13,15H,5-9,12H2,1-4H3,(H,19,22)/t13-,15+/m1/s1. The molecule has 0 radical (unpaired) electrons. The summed E-state index contributed by atoms with van der Waals surface area (Å²) in [5.41, 5.74) is 0.669. The summed E-state index contributed by atoms with van der Waals surface area (Å²) in [7, 11) is 1.76. The predicted molar refractivity (Wildman–Crippen MR) is 96.1 cm³/mol. The van der Waals surface area contributed by atoms with Crippen LogP contribution < -0.4 is 15.4 Å². The number of rotatable bonds is 4. The fourth-order valence-corrected chi connectivity index (χ4v) is 3.86. The molecule has 0 unspecified atom stereocenters. The van der Waals surface area contributed by atoms with E-state index in [1.807, 2.05) is 0 Å². The van der Waals surface area contributed by atoms with Crippen molar-refractivity contribution in [2.24, 2.45) is 0 Å². The maximum Gasteiger partial charge on any atom is 0.251 e. The summed E-state index contributed by atoms with van der Waals surface area (Å²) < 4.78 is 11.2. The maximum atomic E-state index is 12.3. The fourth-order valence-electron chi connectivity index (χ4n) is 3.86. The van der Waals surface area contributed by atoms with E-state index in [-0.39, 0.29) is 23.2 Å². The highest BCUT2D eigenvalue weighted by atomic mass is 16.5. The number of hydrogen-bond acceptors (Lipinski definition) is 5. The first-order valence-corrected chi connectivity index (χ1v) is 8.83. The van der Waals surface area contributed by atoms with Gasteiger partial charge in [-0.05, 0) is 33.6 Å². The van der Waals surface area contributed by atoms with E-state index >= 15 is 0 Å². The zero-order chi connectivity index (χ0) is 17.3. The van der Waals surface area contributed by atoms with Crippen molar-refractivity contribution in [2.75, 3.05) is 43.2 Å². The van der Waals surface area contributed by atoms with Gasteiger partial charge in [0.05, 0.1) is 24.9 Å². The summed E-state index contributed by atoms with van der Waals surface area (Å²) in [6, 6.07) is 4.33. The fraction of sp³-hybridized carbons (Fsp3) is 0.722. The molecule has 0 spiro atoms. The van der Waals surface area contributed by atoms with Gasteiger partial charge in [0.1, 0.15) is 5.82 Å². The first-order valence-electron chi connectivity index (χ1n) is 8.83. The van der Waals surface area contributed by atoms with E-state index in [1.165, 1.54) is 0 Å². The van der Waals surface area contributed by atoms with E-state index < -0.39 is 0 Å². The minimum atomic E-state index is -0.254. The minimum absolute atomic E-state index is 0.0536. The molecule has 1 aromatic heterocycles. The molecule has 0 amide bonds. The van der Waals surface area contributed by atoms with Crippen molar-refractivity contribution in [1.29, 1.82) is 0 Å². The Morgan fingerprint density at radius 3 is 2.79 bits per heavy atom. The maximum absolute atomic E-state index is 12.3. The van der Waals surface area contributed by atoms with Crippen molar-refractivity contribution >= 4 is 11.5 Å². The van der Waals surface area contributed by atoms with Crippen molar-refractivity contribution in [1.82, 2.24) is 4.98 Å². The Hall–Kier alpha value is -1.53. The van der Waals surface area contributed by atoms with Crippen LogP contribution in [0.3, 0.4) is 0 Å². The van der Waals surface area contributed by atoms with Gasteiger partial charge in [-0.15, -0.1) is 0 Å². The van der Waals surface area contributed by atoms with Gasteiger partial charge in [0.2, 0.25) is 0 Å². The smallest absolute Gasteiger partial charge is 0.251 e. The van der Waals surface area contributed by atoms with E-state index in [9.17, 15) is 4.79 Å². The molecule has 24 heavy (non-hydrogen) atoms. The van der Waals surface area contributed by atoms with Crippen molar-refractivity contribution in [3.8, 4) is 0 Å². The molecular formula is C18H29N3O3. The summed E-state index contributed by atoms with van der Waals surface area (Å²) in [5, 5.41) is 0. The number of methoxy groups -OCH3 is 1. The van der Waals surface area contributed by atoms with Gasteiger partial charge in [0, 0.05) is 44.1 Å². The van der Waals surface area contributed by atoms with Crippen LogP contribution in [0.4, 0.5) is 11.5 Å². The zero-order valence-electron chi connectivity index (χ0n) is 15.2. The van der Waals surface area contributed by atoms with Crippen LogP contribution in [0, 0.1) is 0 Å². The van der Waals surface area contributed by atoms with Crippen molar-refractivity contribution in [2.45, 2.75) is 51.3 Å². The van der Waals surface area contributed by atoms with E-state index in [0.29, 0.717) is 13.2 Å². The topological polar surface area (TPSA) is 57.8 Å². The summed E-state index contributed by atoms with van der Waals surface area (Å²) in [6.07, 6.45) is 2.18. The Balaban J connectivity index is 1.92. The summed E-state index contributed by atoms with van der Waals surface area (Å²) >= 11 is 0. The predicted octanol–water partition coefficient (Wildman–Crippen LogP) is 1.99. The minimum Gasteiger partial charge on any atom is -0.377 e. The molecule has 134 valence electrons. The molecule has 0 aromatic carbocycles. The van der Waals surface area contributed by atoms with Crippen molar-refractivity contribution < 1.29 is 9.47 Å². The molecule has 6 nitrogen and oxygen atoms in total. The van der Waals surface area contributed by atoms with Gasteiger partial charge < -0.3 is 24.3 Å². The molecule has 1 N–H and O–H groups in total. The Bertz CT molecular complexity index is 628. The second-order valence-electron chi connectivity index (χ2n) is 7.36. The number of hydrogen-bond donors (Lipinski definition) is 1. The van der Waals surface area contributed by atoms with Crippen LogP contribution in [0.15, 0.2) is 16.9 Å². The van der Waals surface area contributed by atoms with E-state index in [1.54, 1.807) is 13.2 Å². The van der Waals surface area contributed by atoms with Crippen LogP contribution in [0.25, 0.3) is 0 Å². The SMILES string of the molecule is COC(C)(C)[C@@H]1CCCN1c1cc(N2CCOC[C@H]2C)cc(=O)[nH]1. The van der Waals surface area contributed by atoms with E-state index in [2.05, 4.69) is 41.6 Å². The lowest BCUT2D eigenvalue weighted by atomic mass is 9.96. The number of aromatic nitrogens is 1. The number of ether oxygens (including phenoxy) is 2. The van der Waals surface area contributed by atoms with Crippen LogP contribution >= 0.6 is 0 Å². The second-order valence-corrected chi connectivity index (χ2v) is 7.36. The van der Waals surface area contributed by atoms with Crippen LogP contribution in [-0.2, 0) is 9.47 Å². The lowest BCUT2D eigenvalue weighted by Gasteiger charge is -2.39. The molecule has 2 aliphatic rings. The first kappa shape index (κ1) is 17.3. The number of pyridine rings is 1. The highest BCUT2D eigenvalue weighted by Gasteiger charge is 2.38. The highest BCUT2D eigenvalue weighted by molar-refractivity contribution is 5.57. The number of nitrogens with one attached hydrogen (secondary N) is 1. The summed E-state index contributed by atoms with van der Waals surface area (Å²) in [4.78, 5) is 19.8. The average Bonchev–Trinajstić information content (AvgIpc) is 3.05. The Morgan fingerprint density at radius 1 is 1.29 bits per heavy atom. The van der Waals surface area contributed by atoms with E-state index in [0.717, 1.165) is 37.4 Å². The Kier molecular flexibility index (Phi) is 4.88. The number of anilines is 2. The molecule has 2 atom stereocenters. The van der Waals surface area contributed by atoms with Crippen LogP contribution in [-0.4, -0.2) is 56.1 Å². The zero-order valence-corrected chi connectivity index (χ0v) is 15.2. The number of morpholine rings is 1. The third kappa shape index (κ3) is 3.30. The van der Waals surface area contributed by atoms with Gasteiger partial charge in [0.25, 0.3) is 5.56 Å². The number of nitrogens with zero attached hydrogens (tertiary/aromatic N) is 2. The molecule has 0 saturated carbocycles. The molecule has 0 aliphatic carbocycles. The largest absolute Gasteiger partial charge is 0.377 e. The lowest BCUT2D eigenvalue weighted by Crippen LogP contribution is -2.48.